The normalized spacial score (nSPS) is 15.4. The average Bonchev–Trinajstić information content (AvgIpc) is 3.41. The van der Waals surface area contributed by atoms with Gasteiger partial charge in [0.25, 0.3) is 0 Å². The van der Waals surface area contributed by atoms with Gasteiger partial charge in [-0.05, 0) is 62.5 Å². The lowest BCUT2D eigenvalue weighted by atomic mass is 10.0. The fourth-order valence-electron chi connectivity index (χ4n) is 4.33. The molecule has 1 aliphatic rings. The topological polar surface area (TPSA) is 56.1 Å². The van der Waals surface area contributed by atoms with Gasteiger partial charge in [0.1, 0.15) is 11.4 Å². The number of hydrogen-bond donors (Lipinski definition) is 0. The van der Waals surface area contributed by atoms with Crippen molar-refractivity contribution in [1.29, 1.82) is 0 Å². The first-order valence-electron chi connectivity index (χ1n) is 10.5. The van der Waals surface area contributed by atoms with Crippen LogP contribution in [0.1, 0.15) is 35.8 Å². The number of ether oxygens (including phenoxy) is 2. The summed E-state index contributed by atoms with van der Waals surface area (Å²) < 4.78 is 12.4. The molecular formula is C24H29N3O3. The van der Waals surface area contributed by atoms with Crippen LogP contribution in [-0.4, -0.2) is 54.1 Å². The van der Waals surface area contributed by atoms with Crippen molar-refractivity contribution in [2.24, 2.45) is 5.92 Å². The first-order chi connectivity index (χ1) is 14.6. The largest absolute Gasteiger partial charge is 0.497 e. The zero-order valence-electron chi connectivity index (χ0n) is 17.9. The molecule has 6 heteroatoms. The maximum atomic E-state index is 12.1. The fraction of sp³-hybridized carbons (Fsp3) is 0.417. The van der Waals surface area contributed by atoms with Crippen molar-refractivity contribution in [2.75, 3.05) is 33.9 Å². The molecule has 1 unspecified atom stereocenters. The van der Waals surface area contributed by atoms with Gasteiger partial charge in [0.05, 0.1) is 31.2 Å². The number of imidazole rings is 1. The third-order valence-corrected chi connectivity index (χ3v) is 5.79. The minimum atomic E-state index is -0.343. The zero-order valence-corrected chi connectivity index (χ0v) is 17.9. The third kappa shape index (κ3) is 4.19. The van der Waals surface area contributed by atoms with Crippen molar-refractivity contribution in [2.45, 2.75) is 26.2 Å². The van der Waals surface area contributed by atoms with E-state index >= 15 is 0 Å². The highest BCUT2D eigenvalue weighted by Crippen LogP contribution is 2.30. The van der Waals surface area contributed by atoms with E-state index in [4.69, 9.17) is 14.5 Å². The SMILES string of the molecule is COC(=O)c1ccc2nc(-c3cccc(OC)c3)c(CC(C)CN3CCCC3)n2c1. The van der Waals surface area contributed by atoms with Crippen molar-refractivity contribution < 1.29 is 14.3 Å². The van der Waals surface area contributed by atoms with Crippen LogP contribution in [0.5, 0.6) is 5.75 Å². The molecule has 0 spiro atoms. The smallest absolute Gasteiger partial charge is 0.339 e. The van der Waals surface area contributed by atoms with E-state index in [0.717, 1.165) is 41.3 Å². The summed E-state index contributed by atoms with van der Waals surface area (Å²) in [5.41, 5.74) is 4.40. The summed E-state index contributed by atoms with van der Waals surface area (Å²) in [5, 5.41) is 0. The number of likely N-dealkylation sites (tertiary alicyclic amines) is 1. The molecule has 1 aliphatic heterocycles. The molecule has 1 fully saturated rings. The van der Waals surface area contributed by atoms with E-state index in [1.807, 2.05) is 34.9 Å². The third-order valence-electron chi connectivity index (χ3n) is 5.79. The second-order valence-corrected chi connectivity index (χ2v) is 8.09. The van der Waals surface area contributed by atoms with Gasteiger partial charge in [-0.1, -0.05) is 19.1 Å². The Kier molecular flexibility index (Phi) is 6.04. The zero-order chi connectivity index (χ0) is 21.1. The van der Waals surface area contributed by atoms with Gasteiger partial charge >= 0.3 is 5.97 Å². The lowest BCUT2D eigenvalue weighted by Crippen LogP contribution is -2.26. The first kappa shape index (κ1) is 20.4. The standard InChI is InChI=1S/C24H29N3O3/c1-17(15-26-11-4-5-12-26)13-21-23(18-7-6-8-20(14-18)29-2)25-22-10-9-19(16-27(21)22)24(28)30-3/h6-10,14,16-17H,4-5,11-13,15H2,1-3H3. The molecule has 0 aliphatic carbocycles. The Morgan fingerprint density at radius 3 is 2.70 bits per heavy atom. The summed E-state index contributed by atoms with van der Waals surface area (Å²) in [6.07, 6.45) is 5.30. The Morgan fingerprint density at radius 2 is 1.97 bits per heavy atom. The number of methoxy groups -OCH3 is 2. The van der Waals surface area contributed by atoms with Crippen LogP contribution in [0, 0.1) is 5.92 Å². The van der Waals surface area contributed by atoms with Crippen LogP contribution in [0.15, 0.2) is 42.6 Å². The molecule has 6 nitrogen and oxygen atoms in total. The van der Waals surface area contributed by atoms with Crippen LogP contribution in [0.4, 0.5) is 0 Å². The summed E-state index contributed by atoms with van der Waals surface area (Å²) in [5.74, 6) is 0.926. The number of aromatic nitrogens is 2. The highest BCUT2D eigenvalue weighted by molar-refractivity contribution is 5.89. The molecule has 4 rings (SSSR count). The average molecular weight is 408 g/mol. The summed E-state index contributed by atoms with van der Waals surface area (Å²) in [4.78, 5) is 19.6. The van der Waals surface area contributed by atoms with E-state index in [0.29, 0.717) is 11.5 Å². The van der Waals surface area contributed by atoms with E-state index < -0.39 is 0 Å². The Hall–Kier alpha value is -2.86. The molecule has 0 bridgehead atoms. The highest BCUT2D eigenvalue weighted by atomic mass is 16.5. The van der Waals surface area contributed by atoms with Crippen LogP contribution in [-0.2, 0) is 11.2 Å². The van der Waals surface area contributed by atoms with Crippen LogP contribution in [0.3, 0.4) is 0 Å². The van der Waals surface area contributed by atoms with Crippen LogP contribution in [0.25, 0.3) is 16.9 Å². The first-order valence-corrected chi connectivity index (χ1v) is 10.5. The number of pyridine rings is 1. The quantitative estimate of drug-likeness (QED) is 0.553. The molecular weight excluding hydrogens is 378 g/mol. The van der Waals surface area contributed by atoms with Gasteiger partial charge in [-0.3, -0.25) is 0 Å². The van der Waals surface area contributed by atoms with Gasteiger partial charge in [0.15, 0.2) is 0 Å². The van der Waals surface area contributed by atoms with Crippen molar-refractivity contribution >= 4 is 11.6 Å². The fourth-order valence-corrected chi connectivity index (χ4v) is 4.33. The summed E-state index contributed by atoms with van der Waals surface area (Å²) in [6, 6.07) is 11.6. The van der Waals surface area contributed by atoms with Crippen LogP contribution >= 0.6 is 0 Å². The molecule has 0 N–H and O–H groups in total. The predicted molar refractivity (Wildman–Crippen MR) is 117 cm³/mol. The second kappa shape index (κ2) is 8.88. The summed E-state index contributed by atoms with van der Waals surface area (Å²) >= 11 is 0. The van der Waals surface area contributed by atoms with Crippen molar-refractivity contribution in [3.8, 4) is 17.0 Å². The van der Waals surface area contributed by atoms with E-state index in [1.165, 1.54) is 33.0 Å². The molecule has 0 radical (unpaired) electrons. The van der Waals surface area contributed by atoms with Gasteiger partial charge < -0.3 is 18.8 Å². The van der Waals surface area contributed by atoms with Crippen molar-refractivity contribution in [3.05, 3.63) is 53.9 Å². The molecule has 2 aromatic heterocycles. The predicted octanol–water partition coefficient (Wildman–Crippen LogP) is 4.07. The maximum absolute atomic E-state index is 12.1. The lowest BCUT2D eigenvalue weighted by Gasteiger charge is -2.20. The van der Waals surface area contributed by atoms with Crippen LogP contribution < -0.4 is 4.74 Å². The summed E-state index contributed by atoms with van der Waals surface area (Å²) in [7, 11) is 3.08. The Labute approximate surface area is 177 Å². The van der Waals surface area contributed by atoms with Crippen molar-refractivity contribution in [1.82, 2.24) is 14.3 Å². The molecule has 3 aromatic rings. The summed E-state index contributed by atoms with van der Waals surface area (Å²) in [6.45, 7) is 5.73. The number of esters is 1. The van der Waals surface area contributed by atoms with Gasteiger partial charge in [-0.2, -0.15) is 0 Å². The molecule has 30 heavy (non-hydrogen) atoms. The number of nitrogens with zero attached hydrogens (tertiary/aromatic N) is 3. The number of fused-ring (bicyclic) bond motifs is 1. The Balaban J connectivity index is 1.76. The minimum Gasteiger partial charge on any atom is -0.497 e. The number of carbonyl (C=O) groups excluding carboxylic acids is 1. The van der Waals surface area contributed by atoms with E-state index in [2.05, 4.69) is 17.9 Å². The molecule has 158 valence electrons. The Bertz CT molecular complexity index is 1040. The highest BCUT2D eigenvalue weighted by Gasteiger charge is 2.21. The molecule has 0 amide bonds. The maximum Gasteiger partial charge on any atom is 0.339 e. The molecule has 1 aromatic carbocycles. The number of carbonyl (C=O) groups is 1. The number of rotatable bonds is 7. The van der Waals surface area contributed by atoms with Crippen LogP contribution in [0.2, 0.25) is 0 Å². The number of benzene rings is 1. The van der Waals surface area contributed by atoms with Gasteiger partial charge in [0.2, 0.25) is 0 Å². The van der Waals surface area contributed by atoms with E-state index in [-0.39, 0.29) is 5.97 Å². The molecule has 3 heterocycles. The van der Waals surface area contributed by atoms with Gasteiger partial charge in [-0.15, -0.1) is 0 Å². The van der Waals surface area contributed by atoms with E-state index in [9.17, 15) is 4.79 Å². The lowest BCUT2D eigenvalue weighted by molar-refractivity contribution is 0.0600. The monoisotopic (exact) mass is 407 g/mol. The van der Waals surface area contributed by atoms with Crippen molar-refractivity contribution in [3.63, 3.8) is 0 Å². The second-order valence-electron chi connectivity index (χ2n) is 8.09. The van der Waals surface area contributed by atoms with Gasteiger partial charge in [0, 0.05) is 18.3 Å². The number of hydrogen-bond acceptors (Lipinski definition) is 5. The molecule has 1 saturated heterocycles. The molecule has 1 atom stereocenters. The Morgan fingerprint density at radius 1 is 1.17 bits per heavy atom. The van der Waals surface area contributed by atoms with Gasteiger partial charge in [-0.25, -0.2) is 9.78 Å². The minimum absolute atomic E-state index is 0.343. The molecule has 0 saturated carbocycles. The van der Waals surface area contributed by atoms with E-state index in [1.54, 1.807) is 13.2 Å².